The van der Waals surface area contributed by atoms with Gasteiger partial charge in [-0.25, -0.2) is 0 Å². The van der Waals surface area contributed by atoms with Crippen molar-refractivity contribution >= 4 is 0 Å². The molecule has 0 saturated heterocycles. The minimum Gasteiger partial charge on any atom is -0.0654 e. The quantitative estimate of drug-likeness (QED) is 0.0999. The molecule has 4 aromatic rings. The molecule has 1 aliphatic rings. The molecule has 238 valence electrons. The van der Waals surface area contributed by atoms with Crippen LogP contribution in [0.3, 0.4) is 0 Å². The Hall–Kier alpha value is -3.12. The molecule has 0 unspecified atom stereocenters. The van der Waals surface area contributed by atoms with Gasteiger partial charge in [-0.05, 0) is 106 Å². The van der Waals surface area contributed by atoms with E-state index in [2.05, 4.69) is 113 Å². The first-order valence-electron chi connectivity index (χ1n) is 18.6. The van der Waals surface area contributed by atoms with E-state index >= 15 is 0 Å². The van der Waals surface area contributed by atoms with Crippen LogP contribution in [0, 0.1) is 0 Å². The third-order valence-corrected chi connectivity index (χ3v) is 10.5. The van der Waals surface area contributed by atoms with Gasteiger partial charge in [-0.3, -0.25) is 0 Å². The average Bonchev–Trinajstić information content (AvgIpc) is 3.35. The van der Waals surface area contributed by atoms with E-state index in [-0.39, 0.29) is 5.41 Å². The fourth-order valence-electron chi connectivity index (χ4n) is 7.71. The second-order valence-corrected chi connectivity index (χ2v) is 13.8. The van der Waals surface area contributed by atoms with Crippen molar-refractivity contribution in [3.8, 4) is 33.4 Å². The summed E-state index contributed by atoms with van der Waals surface area (Å²) in [5, 5.41) is 0. The predicted molar refractivity (Wildman–Crippen MR) is 198 cm³/mol. The summed E-state index contributed by atoms with van der Waals surface area (Å²) in [6.07, 6.45) is 20.4. The molecule has 45 heavy (non-hydrogen) atoms. The summed E-state index contributed by atoms with van der Waals surface area (Å²) < 4.78 is 0. The van der Waals surface area contributed by atoms with E-state index in [0.29, 0.717) is 0 Å². The Morgan fingerprint density at radius 2 is 0.756 bits per heavy atom. The average molecular weight is 599 g/mol. The molecule has 0 saturated carbocycles. The lowest BCUT2D eigenvalue weighted by atomic mass is 9.70. The van der Waals surface area contributed by atoms with Gasteiger partial charge in [0.1, 0.15) is 0 Å². The van der Waals surface area contributed by atoms with Gasteiger partial charge in [0.25, 0.3) is 0 Å². The molecule has 0 aliphatic heterocycles. The highest BCUT2D eigenvalue weighted by atomic mass is 14.5. The van der Waals surface area contributed by atoms with Crippen molar-refractivity contribution in [3.05, 3.63) is 107 Å². The van der Waals surface area contributed by atoms with Gasteiger partial charge < -0.3 is 0 Å². The summed E-state index contributed by atoms with van der Waals surface area (Å²) in [5.74, 6) is 0. The molecule has 0 fully saturated rings. The van der Waals surface area contributed by atoms with E-state index in [9.17, 15) is 0 Å². The third-order valence-electron chi connectivity index (χ3n) is 10.5. The molecule has 0 radical (unpaired) electrons. The maximum Gasteiger partial charge on any atom is 0.0215 e. The van der Waals surface area contributed by atoms with Crippen LogP contribution in [0.4, 0.5) is 0 Å². The van der Waals surface area contributed by atoms with Crippen LogP contribution in [0.2, 0.25) is 0 Å². The number of fused-ring (bicyclic) bond motifs is 3. The van der Waals surface area contributed by atoms with Crippen LogP contribution in [-0.2, 0) is 18.3 Å². The lowest BCUT2D eigenvalue weighted by molar-refractivity contribution is 0.401. The standard InChI is InChI=1S/C45H58/c1-5-9-13-15-31-45(32-16-14-10-6-2)43-33-39(37-23-19-35(20-24-37)17-11-7-3)27-29-41(43)42-30-28-40(34-44(42)45)38-25-21-36(22-26-38)18-12-8-4/h19-30,33-34H,5-18,31-32H2,1-4H3. The number of aryl methyl sites for hydroxylation is 2. The Morgan fingerprint density at radius 1 is 0.378 bits per heavy atom. The molecular weight excluding hydrogens is 540 g/mol. The molecule has 0 amide bonds. The lowest BCUT2D eigenvalue weighted by Crippen LogP contribution is -2.25. The molecule has 0 aromatic heterocycles. The van der Waals surface area contributed by atoms with Gasteiger partial charge in [-0.2, -0.15) is 0 Å². The van der Waals surface area contributed by atoms with Gasteiger partial charge in [-0.1, -0.05) is 165 Å². The third kappa shape index (κ3) is 7.82. The topological polar surface area (TPSA) is 0 Å². The summed E-state index contributed by atoms with van der Waals surface area (Å²) in [5.41, 5.74) is 14.6. The van der Waals surface area contributed by atoms with Crippen molar-refractivity contribution in [2.75, 3.05) is 0 Å². The molecule has 0 N–H and O–H groups in total. The van der Waals surface area contributed by atoms with Crippen molar-refractivity contribution in [1.29, 1.82) is 0 Å². The number of hydrogen-bond acceptors (Lipinski definition) is 0. The zero-order chi connectivity index (χ0) is 31.5. The highest BCUT2D eigenvalue weighted by molar-refractivity contribution is 5.86. The molecule has 1 aliphatic carbocycles. The van der Waals surface area contributed by atoms with Crippen LogP contribution in [0.1, 0.15) is 140 Å². The fourth-order valence-corrected chi connectivity index (χ4v) is 7.71. The van der Waals surface area contributed by atoms with Crippen LogP contribution in [0.15, 0.2) is 84.9 Å². The predicted octanol–water partition coefficient (Wildman–Crippen LogP) is 13.9. The minimum absolute atomic E-state index is 0.0836. The fraction of sp³-hybridized carbons (Fsp3) is 0.467. The van der Waals surface area contributed by atoms with Crippen molar-refractivity contribution in [2.45, 2.75) is 136 Å². The number of unbranched alkanes of at least 4 members (excludes halogenated alkanes) is 8. The second kappa shape index (κ2) is 16.4. The SMILES string of the molecule is CCCCCCC1(CCCCCC)c2cc(-c3ccc(CCCC)cc3)ccc2-c2ccc(-c3ccc(CCCC)cc3)cc21. The second-order valence-electron chi connectivity index (χ2n) is 13.8. The molecule has 0 heterocycles. The molecule has 0 bridgehead atoms. The zero-order valence-corrected chi connectivity index (χ0v) is 28.9. The number of benzene rings is 4. The largest absolute Gasteiger partial charge is 0.0654 e. The van der Waals surface area contributed by atoms with E-state index in [4.69, 9.17) is 0 Å². The Morgan fingerprint density at radius 3 is 1.13 bits per heavy atom. The molecular formula is C45H58. The summed E-state index contributed by atoms with van der Waals surface area (Å²) in [6, 6.07) is 33.7. The van der Waals surface area contributed by atoms with Crippen LogP contribution in [0.5, 0.6) is 0 Å². The van der Waals surface area contributed by atoms with E-state index < -0.39 is 0 Å². The summed E-state index contributed by atoms with van der Waals surface area (Å²) >= 11 is 0. The van der Waals surface area contributed by atoms with Gasteiger partial charge in [0.15, 0.2) is 0 Å². The van der Waals surface area contributed by atoms with Crippen molar-refractivity contribution in [2.24, 2.45) is 0 Å². The van der Waals surface area contributed by atoms with Gasteiger partial charge in [-0.15, -0.1) is 0 Å². The summed E-state index contributed by atoms with van der Waals surface area (Å²) in [6.45, 7) is 9.22. The zero-order valence-electron chi connectivity index (χ0n) is 28.9. The maximum atomic E-state index is 2.60. The summed E-state index contributed by atoms with van der Waals surface area (Å²) in [7, 11) is 0. The smallest absolute Gasteiger partial charge is 0.0215 e. The first-order chi connectivity index (χ1) is 22.1. The van der Waals surface area contributed by atoms with Crippen LogP contribution < -0.4 is 0 Å². The van der Waals surface area contributed by atoms with E-state index in [0.717, 1.165) is 0 Å². The number of hydrogen-bond donors (Lipinski definition) is 0. The molecule has 0 nitrogen and oxygen atoms in total. The highest BCUT2D eigenvalue weighted by Gasteiger charge is 2.42. The normalized spacial score (nSPS) is 13.2. The van der Waals surface area contributed by atoms with Gasteiger partial charge >= 0.3 is 0 Å². The van der Waals surface area contributed by atoms with E-state index in [1.165, 1.54) is 147 Å². The molecule has 0 atom stereocenters. The first kappa shape index (κ1) is 33.2. The molecule has 4 aromatic carbocycles. The van der Waals surface area contributed by atoms with Crippen LogP contribution in [-0.4, -0.2) is 0 Å². The monoisotopic (exact) mass is 598 g/mol. The summed E-state index contributed by atoms with van der Waals surface area (Å²) in [4.78, 5) is 0. The Bertz CT molecular complexity index is 1350. The Balaban J connectivity index is 1.57. The van der Waals surface area contributed by atoms with Gasteiger partial charge in [0.2, 0.25) is 0 Å². The Labute approximate surface area is 275 Å². The Kier molecular flexibility index (Phi) is 12.1. The first-order valence-corrected chi connectivity index (χ1v) is 18.6. The van der Waals surface area contributed by atoms with Gasteiger partial charge in [0, 0.05) is 5.41 Å². The van der Waals surface area contributed by atoms with Crippen LogP contribution in [0.25, 0.3) is 33.4 Å². The molecule has 0 spiro atoms. The van der Waals surface area contributed by atoms with Gasteiger partial charge in [0.05, 0.1) is 0 Å². The maximum absolute atomic E-state index is 2.60. The van der Waals surface area contributed by atoms with Crippen molar-refractivity contribution in [1.82, 2.24) is 0 Å². The highest BCUT2D eigenvalue weighted by Crippen LogP contribution is 2.55. The van der Waals surface area contributed by atoms with Crippen LogP contribution >= 0.6 is 0 Å². The minimum atomic E-state index is 0.0836. The number of rotatable bonds is 18. The van der Waals surface area contributed by atoms with Crippen molar-refractivity contribution < 1.29 is 0 Å². The van der Waals surface area contributed by atoms with Crippen molar-refractivity contribution in [3.63, 3.8) is 0 Å². The van der Waals surface area contributed by atoms with E-state index in [1.54, 1.807) is 11.1 Å². The molecule has 0 heteroatoms. The molecule has 5 rings (SSSR count). The van der Waals surface area contributed by atoms with E-state index in [1.807, 2.05) is 0 Å². The lowest BCUT2D eigenvalue weighted by Gasteiger charge is -2.33.